The third-order valence-electron chi connectivity index (χ3n) is 2.56. The van der Waals surface area contributed by atoms with E-state index < -0.39 is 29.4 Å². The van der Waals surface area contributed by atoms with E-state index in [9.17, 15) is 22.8 Å². The van der Waals surface area contributed by atoms with Crippen molar-refractivity contribution in [2.75, 3.05) is 10.6 Å². The Kier molecular flexibility index (Phi) is 7.02. The van der Waals surface area contributed by atoms with Crippen molar-refractivity contribution in [2.24, 2.45) is 11.5 Å². The lowest BCUT2D eigenvalue weighted by atomic mass is 10.2. The molecule has 1 heterocycles. The number of hydrogen-bond donors (Lipinski definition) is 5. The summed E-state index contributed by atoms with van der Waals surface area (Å²) in [4.78, 5) is 34.4. The Bertz CT molecular complexity index is 850. The van der Waals surface area contributed by atoms with Gasteiger partial charge in [-0.1, -0.05) is 17.7 Å². The standard InChI is InChI=1S/C13H9ClF3N3O2.CH4N2O/c14-8-5-10(11(21)18-6-8)20-12(22)19-9-3-1-2-7(4-9)13(15,16)17;2-1(3)4/h1-6H,(H,18,21)(H2,19,20,22);(H4,2,3,4). The second kappa shape index (κ2) is 8.76. The van der Waals surface area contributed by atoms with Crippen molar-refractivity contribution in [3.05, 3.63) is 57.5 Å². The van der Waals surface area contributed by atoms with Crippen molar-refractivity contribution in [1.82, 2.24) is 4.98 Å². The summed E-state index contributed by atoms with van der Waals surface area (Å²) in [6.07, 6.45) is -3.28. The Hall–Kier alpha value is -3.21. The van der Waals surface area contributed by atoms with E-state index in [0.29, 0.717) is 0 Å². The Morgan fingerprint density at radius 2 is 1.73 bits per heavy atom. The number of H-pyrrole nitrogens is 1. The number of carbonyl (C=O) groups excluding carboxylic acids is 2. The zero-order valence-corrected chi connectivity index (χ0v) is 13.6. The topological polar surface area (TPSA) is 143 Å². The van der Waals surface area contributed by atoms with Crippen molar-refractivity contribution < 1.29 is 22.8 Å². The van der Waals surface area contributed by atoms with Gasteiger partial charge in [0.1, 0.15) is 5.69 Å². The van der Waals surface area contributed by atoms with Crippen LogP contribution in [-0.2, 0) is 6.18 Å². The number of halogens is 4. The molecule has 0 bridgehead atoms. The normalized spacial score (nSPS) is 10.3. The van der Waals surface area contributed by atoms with Crippen LogP contribution in [0.5, 0.6) is 0 Å². The number of anilines is 2. The van der Waals surface area contributed by atoms with Crippen LogP contribution < -0.4 is 27.7 Å². The first-order valence-corrected chi connectivity index (χ1v) is 7.05. The van der Waals surface area contributed by atoms with Crippen LogP contribution in [0.15, 0.2) is 41.3 Å². The number of aromatic amines is 1. The minimum atomic E-state index is -4.52. The number of aromatic nitrogens is 1. The van der Waals surface area contributed by atoms with E-state index in [1.807, 2.05) is 0 Å². The number of rotatable bonds is 2. The van der Waals surface area contributed by atoms with Crippen molar-refractivity contribution in [1.29, 1.82) is 0 Å². The summed E-state index contributed by atoms with van der Waals surface area (Å²) in [5, 5.41) is 4.59. The minimum absolute atomic E-state index is 0.0641. The molecular weight excluding hydrogens is 379 g/mol. The molecule has 0 atom stereocenters. The van der Waals surface area contributed by atoms with E-state index in [2.05, 4.69) is 27.1 Å². The van der Waals surface area contributed by atoms with E-state index in [4.69, 9.17) is 16.4 Å². The van der Waals surface area contributed by atoms with Gasteiger partial charge in [-0.2, -0.15) is 13.2 Å². The van der Waals surface area contributed by atoms with Gasteiger partial charge >= 0.3 is 18.2 Å². The number of pyridine rings is 1. The molecule has 4 amide bonds. The molecule has 0 unspecified atom stereocenters. The van der Waals surface area contributed by atoms with E-state index in [1.54, 1.807) is 0 Å². The van der Waals surface area contributed by atoms with Crippen LogP contribution in [0.2, 0.25) is 5.02 Å². The van der Waals surface area contributed by atoms with Gasteiger partial charge in [-0.15, -0.1) is 0 Å². The van der Waals surface area contributed by atoms with Crippen molar-refractivity contribution >= 4 is 35.0 Å². The third kappa shape index (κ3) is 7.13. The van der Waals surface area contributed by atoms with Crippen LogP contribution in [0.3, 0.4) is 0 Å². The zero-order chi connectivity index (χ0) is 19.9. The molecule has 0 fully saturated rings. The predicted molar refractivity (Wildman–Crippen MR) is 89.9 cm³/mol. The molecule has 0 aliphatic carbocycles. The first kappa shape index (κ1) is 20.8. The van der Waals surface area contributed by atoms with Gasteiger partial charge in [-0.25, -0.2) is 9.59 Å². The summed E-state index contributed by atoms with van der Waals surface area (Å²) >= 11 is 5.66. The highest BCUT2D eigenvalue weighted by molar-refractivity contribution is 6.30. The lowest BCUT2D eigenvalue weighted by Crippen LogP contribution is -2.24. The van der Waals surface area contributed by atoms with Crippen LogP contribution in [-0.4, -0.2) is 17.0 Å². The number of nitrogens with one attached hydrogen (secondary N) is 3. The minimum Gasteiger partial charge on any atom is -0.352 e. The molecule has 0 aliphatic rings. The average Bonchev–Trinajstić information content (AvgIpc) is 2.50. The molecule has 2 aromatic rings. The molecule has 0 radical (unpaired) electrons. The van der Waals surface area contributed by atoms with Crippen LogP contribution in [0.25, 0.3) is 0 Å². The fourth-order valence-corrected chi connectivity index (χ4v) is 1.77. The van der Waals surface area contributed by atoms with Crippen molar-refractivity contribution in [2.45, 2.75) is 6.18 Å². The van der Waals surface area contributed by atoms with Gasteiger partial charge in [0.2, 0.25) is 0 Å². The number of primary amides is 2. The van der Waals surface area contributed by atoms with Crippen molar-refractivity contribution in [3.63, 3.8) is 0 Å². The van der Waals surface area contributed by atoms with Gasteiger partial charge in [0, 0.05) is 11.9 Å². The molecule has 1 aromatic heterocycles. The van der Waals surface area contributed by atoms with Crippen LogP contribution in [0.4, 0.5) is 34.1 Å². The number of urea groups is 2. The largest absolute Gasteiger partial charge is 0.416 e. The molecule has 12 heteroatoms. The summed E-state index contributed by atoms with van der Waals surface area (Å²) < 4.78 is 37.7. The van der Waals surface area contributed by atoms with Gasteiger partial charge in [-0.3, -0.25) is 4.79 Å². The second-order valence-corrected chi connectivity index (χ2v) is 5.06. The Labute approximate surface area is 149 Å². The molecule has 7 N–H and O–H groups in total. The number of alkyl halides is 3. The third-order valence-corrected chi connectivity index (χ3v) is 2.78. The van der Waals surface area contributed by atoms with Gasteiger partial charge < -0.3 is 27.1 Å². The number of hydrogen-bond acceptors (Lipinski definition) is 3. The summed E-state index contributed by atoms with van der Waals surface area (Å²) in [6.45, 7) is 0. The summed E-state index contributed by atoms with van der Waals surface area (Å²) in [5.41, 5.74) is 6.82. The molecule has 1 aromatic carbocycles. The molecular formula is C14H13ClF3N5O3. The first-order chi connectivity index (χ1) is 12.0. The maximum Gasteiger partial charge on any atom is 0.416 e. The van der Waals surface area contributed by atoms with Gasteiger partial charge in [0.05, 0.1) is 10.6 Å². The van der Waals surface area contributed by atoms with E-state index in [1.165, 1.54) is 18.3 Å². The predicted octanol–water partition coefficient (Wildman–Crippen LogP) is 2.71. The molecule has 0 aliphatic heterocycles. The SMILES string of the molecule is NC(N)=O.O=C(Nc1cccc(C(F)(F)F)c1)Nc1cc(Cl)c[nH]c1=O. The quantitative estimate of drug-likeness (QED) is 0.537. The highest BCUT2D eigenvalue weighted by Crippen LogP contribution is 2.30. The maximum absolute atomic E-state index is 12.6. The highest BCUT2D eigenvalue weighted by atomic mass is 35.5. The van der Waals surface area contributed by atoms with E-state index in [-0.39, 0.29) is 16.4 Å². The second-order valence-electron chi connectivity index (χ2n) is 4.62. The molecule has 0 saturated heterocycles. The molecule has 0 spiro atoms. The summed E-state index contributed by atoms with van der Waals surface area (Å²) in [5.74, 6) is 0. The van der Waals surface area contributed by atoms with Gasteiger partial charge in [0.25, 0.3) is 5.56 Å². The zero-order valence-electron chi connectivity index (χ0n) is 12.9. The van der Waals surface area contributed by atoms with Crippen LogP contribution >= 0.6 is 11.6 Å². The van der Waals surface area contributed by atoms with Gasteiger partial charge in [-0.05, 0) is 24.3 Å². The molecule has 140 valence electrons. The monoisotopic (exact) mass is 391 g/mol. The lowest BCUT2D eigenvalue weighted by Gasteiger charge is -2.10. The smallest absolute Gasteiger partial charge is 0.352 e. The van der Waals surface area contributed by atoms with E-state index >= 15 is 0 Å². The molecule has 0 saturated carbocycles. The summed E-state index contributed by atoms with van der Waals surface area (Å²) in [6, 6.07) is 3.62. The molecule has 8 nitrogen and oxygen atoms in total. The first-order valence-electron chi connectivity index (χ1n) is 6.67. The summed E-state index contributed by atoms with van der Waals surface area (Å²) in [7, 11) is 0. The highest BCUT2D eigenvalue weighted by Gasteiger charge is 2.30. The fourth-order valence-electron chi connectivity index (χ4n) is 1.61. The molecule has 2 rings (SSSR count). The van der Waals surface area contributed by atoms with Gasteiger partial charge in [0.15, 0.2) is 0 Å². The average molecular weight is 392 g/mol. The number of benzene rings is 1. The van der Waals surface area contributed by atoms with Crippen LogP contribution in [0, 0.1) is 0 Å². The number of carbonyl (C=O) groups is 2. The Morgan fingerprint density at radius 1 is 1.12 bits per heavy atom. The van der Waals surface area contributed by atoms with E-state index in [0.717, 1.165) is 18.2 Å². The Morgan fingerprint density at radius 3 is 2.31 bits per heavy atom. The lowest BCUT2D eigenvalue weighted by molar-refractivity contribution is -0.137. The molecule has 26 heavy (non-hydrogen) atoms. The van der Waals surface area contributed by atoms with Crippen LogP contribution in [0.1, 0.15) is 5.56 Å². The fraction of sp³-hybridized carbons (Fsp3) is 0.0714. The Balaban J connectivity index is 0.000000765. The maximum atomic E-state index is 12.6. The number of amides is 4. The van der Waals surface area contributed by atoms with Crippen molar-refractivity contribution in [3.8, 4) is 0 Å². The number of nitrogens with two attached hydrogens (primary N) is 2.